The minimum atomic E-state index is -0.694. The molecule has 1 nitrogen and oxygen atoms in total. The summed E-state index contributed by atoms with van der Waals surface area (Å²) in [6, 6.07) is 6.40. The average molecular weight is 192 g/mol. The molecule has 2 aliphatic carbocycles. The minimum absolute atomic E-state index is 0.249. The van der Waals surface area contributed by atoms with E-state index in [1.54, 1.807) is 6.07 Å². The van der Waals surface area contributed by atoms with Gasteiger partial charge in [-0.3, -0.25) is 0 Å². The molecule has 0 radical (unpaired) electrons. The first-order valence-electron chi connectivity index (χ1n) is 5.21. The molecule has 1 N–H and O–H groups in total. The van der Waals surface area contributed by atoms with Gasteiger partial charge in [0.1, 0.15) is 5.82 Å². The van der Waals surface area contributed by atoms with Crippen molar-refractivity contribution in [1.29, 1.82) is 0 Å². The summed E-state index contributed by atoms with van der Waals surface area (Å²) in [5.74, 6) is 0.537. The van der Waals surface area contributed by atoms with Crippen LogP contribution >= 0.6 is 0 Å². The van der Waals surface area contributed by atoms with Gasteiger partial charge in [-0.1, -0.05) is 18.6 Å². The second-order valence-corrected chi connectivity index (χ2v) is 4.48. The van der Waals surface area contributed by atoms with Gasteiger partial charge < -0.3 is 5.11 Å². The SMILES string of the molecule is OC1(c2cccc(F)c2)C2CCCC21. The van der Waals surface area contributed by atoms with Gasteiger partial charge in [0.25, 0.3) is 0 Å². The molecule has 14 heavy (non-hydrogen) atoms. The predicted molar refractivity (Wildman–Crippen MR) is 51.1 cm³/mol. The maximum Gasteiger partial charge on any atom is 0.123 e. The van der Waals surface area contributed by atoms with Gasteiger partial charge in [-0.05, 0) is 42.4 Å². The summed E-state index contributed by atoms with van der Waals surface area (Å²) in [6.45, 7) is 0. The molecule has 2 unspecified atom stereocenters. The highest BCUT2D eigenvalue weighted by molar-refractivity contribution is 5.34. The third-order valence-corrected chi connectivity index (χ3v) is 3.82. The van der Waals surface area contributed by atoms with Crippen LogP contribution in [0.4, 0.5) is 4.39 Å². The van der Waals surface area contributed by atoms with Crippen molar-refractivity contribution in [2.45, 2.75) is 24.9 Å². The molecular weight excluding hydrogens is 179 g/mol. The lowest BCUT2D eigenvalue weighted by atomic mass is 9.99. The fourth-order valence-corrected chi connectivity index (χ4v) is 3.09. The van der Waals surface area contributed by atoms with Crippen molar-refractivity contribution in [3.63, 3.8) is 0 Å². The lowest BCUT2D eigenvalue weighted by Gasteiger charge is -2.14. The Morgan fingerprint density at radius 3 is 2.64 bits per heavy atom. The van der Waals surface area contributed by atoms with Gasteiger partial charge in [0.05, 0.1) is 5.60 Å². The molecule has 2 atom stereocenters. The van der Waals surface area contributed by atoms with E-state index in [0.717, 1.165) is 18.4 Å². The highest BCUT2D eigenvalue weighted by Gasteiger charge is 2.66. The molecule has 0 aliphatic heterocycles. The molecule has 0 bridgehead atoms. The van der Waals surface area contributed by atoms with Gasteiger partial charge in [0.2, 0.25) is 0 Å². The molecule has 2 heteroatoms. The van der Waals surface area contributed by atoms with Crippen molar-refractivity contribution in [3.05, 3.63) is 35.6 Å². The summed E-state index contributed by atoms with van der Waals surface area (Å²) >= 11 is 0. The van der Waals surface area contributed by atoms with E-state index in [2.05, 4.69) is 0 Å². The van der Waals surface area contributed by atoms with Gasteiger partial charge in [0, 0.05) is 0 Å². The average Bonchev–Trinajstić information content (AvgIpc) is 2.62. The predicted octanol–water partition coefficient (Wildman–Crippen LogP) is 2.44. The third kappa shape index (κ3) is 0.921. The Labute approximate surface area is 82.6 Å². The van der Waals surface area contributed by atoms with Crippen LogP contribution in [0.15, 0.2) is 24.3 Å². The molecule has 74 valence electrons. The van der Waals surface area contributed by atoms with Gasteiger partial charge in [0.15, 0.2) is 0 Å². The van der Waals surface area contributed by atoms with Gasteiger partial charge >= 0.3 is 0 Å². The quantitative estimate of drug-likeness (QED) is 0.724. The number of benzene rings is 1. The number of rotatable bonds is 1. The van der Waals surface area contributed by atoms with Crippen molar-refractivity contribution in [2.75, 3.05) is 0 Å². The Kier molecular flexibility index (Phi) is 1.55. The lowest BCUT2D eigenvalue weighted by Crippen LogP contribution is -2.13. The fourth-order valence-electron chi connectivity index (χ4n) is 3.09. The maximum absolute atomic E-state index is 13.0. The molecule has 0 saturated heterocycles. The molecule has 0 amide bonds. The molecule has 0 aromatic heterocycles. The van der Waals surface area contributed by atoms with E-state index >= 15 is 0 Å². The topological polar surface area (TPSA) is 20.2 Å². The summed E-state index contributed by atoms with van der Waals surface area (Å²) < 4.78 is 13.0. The number of fused-ring (bicyclic) bond motifs is 1. The van der Waals surface area contributed by atoms with Crippen LogP contribution in [-0.4, -0.2) is 5.11 Å². The Balaban J connectivity index is 1.97. The van der Waals surface area contributed by atoms with Crippen LogP contribution in [0.1, 0.15) is 24.8 Å². The van der Waals surface area contributed by atoms with E-state index in [9.17, 15) is 9.50 Å². The third-order valence-electron chi connectivity index (χ3n) is 3.82. The lowest BCUT2D eigenvalue weighted by molar-refractivity contribution is 0.105. The maximum atomic E-state index is 13.0. The van der Waals surface area contributed by atoms with Crippen LogP contribution in [0.25, 0.3) is 0 Å². The Bertz CT molecular complexity index is 364. The first-order valence-corrected chi connectivity index (χ1v) is 5.21. The van der Waals surface area contributed by atoms with Crippen molar-refractivity contribution in [1.82, 2.24) is 0 Å². The summed E-state index contributed by atoms with van der Waals surface area (Å²) in [5, 5.41) is 10.3. The number of hydrogen-bond acceptors (Lipinski definition) is 1. The molecule has 1 aromatic rings. The molecule has 3 rings (SSSR count). The van der Waals surface area contributed by atoms with Crippen LogP contribution in [0.2, 0.25) is 0 Å². The summed E-state index contributed by atoms with van der Waals surface area (Å²) in [6.07, 6.45) is 3.41. The van der Waals surface area contributed by atoms with Crippen LogP contribution in [0, 0.1) is 17.7 Å². The number of aliphatic hydroxyl groups is 1. The first kappa shape index (κ1) is 8.42. The summed E-state index contributed by atoms with van der Waals surface area (Å²) in [7, 11) is 0. The zero-order chi connectivity index (χ0) is 9.76. The first-order chi connectivity index (χ1) is 6.73. The van der Waals surface area contributed by atoms with E-state index in [4.69, 9.17) is 0 Å². The van der Waals surface area contributed by atoms with Gasteiger partial charge in [-0.25, -0.2) is 4.39 Å². The van der Waals surface area contributed by atoms with E-state index in [1.807, 2.05) is 6.07 Å². The second-order valence-electron chi connectivity index (χ2n) is 4.48. The Morgan fingerprint density at radius 1 is 1.29 bits per heavy atom. The smallest absolute Gasteiger partial charge is 0.123 e. The normalized spacial score (nSPS) is 39.6. The van der Waals surface area contributed by atoms with E-state index in [0.29, 0.717) is 11.8 Å². The Hall–Kier alpha value is -0.890. The number of halogens is 1. The summed E-state index contributed by atoms with van der Waals surface area (Å²) in [5.41, 5.74) is 0.0765. The Morgan fingerprint density at radius 2 is 2.00 bits per heavy atom. The van der Waals surface area contributed by atoms with E-state index in [1.165, 1.54) is 18.6 Å². The molecule has 0 spiro atoms. The molecule has 2 saturated carbocycles. The zero-order valence-corrected chi connectivity index (χ0v) is 7.91. The largest absolute Gasteiger partial charge is 0.385 e. The molecule has 0 heterocycles. The fraction of sp³-hybridized carbons (Fsp3) is 0.500. The number of hydrogen-bond donors (Lipinski definition) is 1. The minimum Gasteiger partial charge on any atom is -0.385 e. The highest BCUT2D eigenvalue weighted by Crippen LogP contribution is 2.66. The second kappa shape index (κ2) is 2.57. The van der Waals surface area contributed by atoms with Crippen LogP contribution in [0.5, 0.6) is 0 Å². The van der Waals surface area contributed by atoms with Crippen molar-refractivity contribution < 1.29 is 9.50 Å². The molecular formula is C12H13FO. The van der Waals surface area contributed by atoms with Gasteiger partial charge in [-0.15, -0.1) is 0 Å². The van der Waals surface area contributed by atoms with E-state index < -0.39 is 5.60 Å². The zero-order valence-electron chi connectivity index (χ0n) is 7.91. The van der Waals surface area contributed by atoms with Crippen molar-refractivity contribution in [2.24, 2.45) is 11.8 Å². The van der Waals surface area contributed by atoms with Crippen LogP contribution < -0.4 is 0 Å². The van der Waals surface area contributed by atoms with Crippen molar-refractivity contribution >= 4 is 0 Å². The summed E-state index contributed by atoms with van der Waals surface area (Å²) in [4.78, 5) is 0. The monoisotopic (exact) mass is 192 g/mol. The molecule has 1 aromatic carbocycles. The van der Waals surface area contributed by atoms with Crippen LogP contribution in [0.3, 0.4) is 0 Å². The molecule has 2 fully saturated rings. The van der Waals surface area contributed by atoms with Crippen molar-refractivity contribution in [3.8, 4) is 0 Å². The van der Waals surface area contributed by atoms with Gasteiger partial charge in [-0.2, -0.15) is 0 Å². The highest BCUT2D eigenvalue weighted by atomic mass is 19.1. The molecule has 2 aliphatic rings. The standard InChI is InChI=1S/C12H13FO/c13-9-4-1-3-8(7-9)12(14)10-5-2-6-11(10)12/h1,3-4,7,10-11,14H,2,5-6H2. The van der Waals surface area contributed by atoms with Crippen LogP contribution in [-0.2, 0) is 5.60 Å². The van der Waals surface area contributed by atoms with E-state index in [-0.39, 0.29) is 5.82 Å².